The maximum absolute atomic E-state index is 6.51. The molecule has 2 fully saturated rings. The number of nitrogens with zero attached hydrogens (tertiary/aromatic N) is 1. The zero-order valence-corrected chi connectivity index (χ0v) is 12.8. The standard InChI is InChI=1S/C16H32N2/c1-15(2)8-6-10-18(12-15)11-13-7-5-9-16(3,4)14(13)17/h13-14H,5-12,17H2,1-4H3. The molecule has 2 nitrogen and oxygen atoms in total. The van der Waals surface area contributed by atoms with E-state index in [0.29, 0.717) is 22.8 Å². The molecule has 0 bridgehead atoms. The summed E-state index contributed by atoms with van der Waals surface area (Å²) in [4.78, 5) is 2.68. The van der Waals surface area contributed by atoms with Gasteiger partial charge in [-0.05, 0) is 49.0 Å². The summed E-state index contributed by atoms with van der Waals surface area (Å²) in [6, 6.07) is 0.385. The molecule has 1 saturated carbocycles. The highest BCUT2D eigenvalue weighted by molar-refractivity contribution is 4.93. The molecule has 0 radical (unpaired) electrons. The predicted octanol–water partition coefficient (Wildman–Crippen LogP) is 3.26. The largest absolute Gasteiger partial charge is 0.327 e. The lowest BCUT2D eigenvalue weighted by atomic mass is 9.68. The van der Waals surface area contributed by atoms with Crippen molar-refractivity contribution in [3.05, 3.63) is 0 Å². The Morgan fingerprint density at radius 3 is 2.50 bits per heavy atom. The molecule has 1 aliphatic carbocycles. The molecular weight excluding hydrogens is 220 g/mol. The Morgan fingerprint density at radius 2 is 1.83 bits per heavy atom. The van der Waals surface area contributed by atoms with E-state index >= 15 is 0 Å². The quantitative estimate of drug-likeness (QED) is 0.817. The number of hydrogen-bond donors (Lipinski definition) is 1. The van der Waals surface area contributed by atoms with Crippen molar-refractivity contribution in [2.45, 2.75) is 65.8 Å². The second-order valence-corrected chi connectivity index (χ2v) is 8.17. The minimum atomic E-state index is 0.341. The number of hydrogen-bond acceptors (Lipinski definition) is 2. The molecule has 0 aromatic carbocycles. The van der Waals surface area contributed by atoms with Crippen LogP contribution in [0.4, 0.5) is 0 Å². The Bertz CT molecular complexity index is 283. The summed E-state index contributed by atoms with van der Waals surface area (Å²) in [7, 11) is 0. The van der Waals surface area contributed by atoms with Crippen LogP contribution < -0.4 is 5.73 Å². The molecule has 2 rings (SSSR count). The molecule has 2 heteroatoms. The lowest BCUT2D eigenvalue weighted by Gasteiger charge is -2.46. The van der Waals surface area contributed by atoms with Crippen molar-refractivity contribution < 1.29 is 0 Å². The van der Waals surface area contributed by atoms with E-state index in [-0.39, 0.29) is 0 Å². The molecule has 1 saturated heterocycles. The second kappa shape index (κ2) is 5.13. The zero-order valence-electron chi connectivity index (χ0n) is 12.8. The Morgan fingerprint density at radius 1 is 1.11 bits per heavy atom. The molecule has 2 unspecified atom stereocenters. The first kappa shape index (κ1) is 14.3. The molecule has 1 heterocycles. The van der Waals surface area contributed by atoms with Gasteiger partial charge in [0.25, 0.3) is 0 Å². The molecule has 2 atom stereocenters. The van der Waals surface area contributed by atoms with Crippen LogP contribution >= 0.6 is 0 Å². The fourth-order valence-corrected chi connectivity index (χ4v) is 4.04. The summed E-state index contributed by atoms with van der Waals surface area (Å²) in [6.07, 6.45) is 6.74. The van der Waals surface area contributed by atoms with E-state index in [1.807, 2.05) is 0 Å². The topological polar surface area (TPSA) is 29.3 Å². The minimum Gasteiger partial charge on any atom is -0.327 e. The van der Waals surface area contributed by atoms with Gasteiger partial charge in [-0.15, -0.1) is 0 Å². The monoisotopic (exact) mass is 252 g/mol. The molecule has 0 aromatic heterocycles. The summed E-state index contributed by atoms with van der Waals surface area (Å²) in [5.74, 6) is 0.711. The Kier molecular flexibility index (Phi) is 4.08. The van der Waals surface area contributed by atoms with E-state index in [0.717, 1.165) is 0 Å². The van der Waals surface area contributed by atoms with Crippen molar-refractivity contribution >= 4 is 0 Å². The van der Waals surface area contributed by atoms with Crippen LogP contribution in [0.25, 0.3) is 0 Å². The van der Waals surface area contributed by atoms with E-state index in [1.165, 1.54) is 51.7 Å². The Balaban J connectivity index is 1.92. The summed E-state index contributed by atoms with van der Waals surface area (Å²) in [6.45, 7) is 13.3. The Labute approximate surface area is 113 Å². The average Bonchev–Trinajstić information content (AvgIpc) is 2.23. The second-order valence-electron chi connectivity index (χ2n) is 8.17. The van der Waals surface area contributed by atoms with Crippen LogP contribution in [0.2, 0.25) is 0 Å². The van der Waals surface area contributed by atoms with Gasteiger partial charge in [0.05, 0.1) is 0 Å². The zero-order chi connectivity index (χ0) is 13.4. The van der Waals surface area contributed by atoms with Crippen molar-refractivity contribution in [2.75, 3.05) is 19.6 Å². The van der Waals surface area contributed by atoms with Crippen molar-refractivity contribution in [1.82, 2.24) is 4.90 Å². The van der Waals surface area contributed by atoms with E-state index in [2.05, 4.69) is 32.6 Å². The molecule has 106 valence electrons. The van der Waals surface area contributed by atoms with Gasteiger partial charge in [-0.25, -0.2) is 0 Å². The van der Waals surface area contributed by atoms with Gasteiger partial charge in [-0.1, -0.05) is 34.1 Å². The maximum Gasteiger partial charge on any atom is 0.0131 e. The first-order valence-corrected chi connectivity index (χ1v) is 7.78. The number of nitrogens with two attached hydrogens (primary N) is 1. The normalized spacial score (nSPS) is 36.5. The molecule has 0 spiro atoms. The van der Waals surface area contributed by atoms with Gasteiger partial charge in [0.15, 0.2) is 0 Å². The van der Waals surface area contributed by atoms with Crippen LogP contribution in [-0.4, -0.2) is 30.6 Å². The fourth-order valence-electron chi connectivity index (χ4n) is 4.04. The third-order valence-corrected chi connectivity index (χ3v) is 5.28. The fraction of sp³-hybridized carbons (Fsp3) is 1.00. The van der Waals surface area contributed by atoms with Crippen LogP contribution in [0.15, 0.2) is 0 Å². The Hall–Kier alpha value is -0.0800. The number of likely N-dealkylation sites (tertiary alicyclic amines) is 1. The molecular formula is C16H32N2. The van der Waals surface area contributed by atoms with E-state index in [1.54, 1.807) is 0 Å². The van der Waals surface area contributed by atoms with E-state index < -0.39 is 0 Å². The highest BCUT2D eigenvalue weighted by atomic mass is 15.1. The van der Waals surface area contributed by atoms with Gasteiger partial charge < -0.3 is 10.6 Å². The third kappa shape index (κ3) is 3.27. The van der Waals surface area contributed by atoms with E-state index in [9.17, 15) is 0 Å². The van der Waals surface area contributed by atoms with Gasteiger partial charge >= 0.3 is 0 Å². The summed E-state index contributed by atoms with van der Waals surface area (Å²) in [5, 5.41) is 0. The van der Waals surface area contributed by atoms with Gasteiger partial charge in [-0.2, -0.15) is 0 Å². The van der Waals surface area contributed by atoms with Crippen LogP contribution in [0, 0.1) is 16.7 Å². The third-order valence-electron chi connectivity index (χ3n) is 5.28. The molecule has 0 amide bonds. The summed E-state index contributed by atoms with van der Waals surface area (Å²) < 4.78 is 0. The molecule has 2 N–H and O–H groups in total. The SMILES string of the molecule is CC1(C)CCCN(CC2CCCC(C)(C)C2N)C1. The molecule has 1 aliphatic heterocycles. The first-order chi connectivity index (χ1) is 8.30. The van der Waals surface area contributed by atoms with Crippen LogP contribution in [0.5, 0.6) is 0 Å². The summed E-state index contributed by atoms with van der Waals surface area (Å²) in [5.41, 5.74) is 7.36. The van der Waals surface area contributed by atoms with Crippen molar-refractivity contribution in [2.24, 2.45) is 22.5 Å². The van der Waals surface area contributed by atoms with Crippen molar-refractivity contribution in [3.8, 4) is 0 Å². The van der Waals surface area contributed by atoms with E-state index in [4.69, 9.17) is 5.73 Å². The lowest BCUT2D eigenvalue weighted by molar-refractivity contribution is 0.0610. The van der Waals surface area contributed by atoms with Gasteiger partial charge in [0.1, 0.15) is 0 Å². The maximum atomic E-state index is 6.51. The summed E-state index contributed by atoms with van der Waals surface area (Å²) >= 11 is 0. The van der Waals surface area contributed by atoms with Gasteiger partial charge in [0.2, 0.25) is 0 Å². The van der Waals surface area contributed by atoms with Gasteiger partial charge in [0, 0.05) is 19.1 Å². The van der Waals surface area contributed by atoms with Crippen LogP contribution in [0.1, 0.15) is 59.8 Å². The van der Waals surface area contributed by atoms with Crippen LogP contribution in [-0.2, 0) is 0 Å². The number of rotatable bonds is 2. The van der Waals surface area contributed by atoms with Crippen molar-refractivity contribution in [3.63, 3.8) is 0 Å². The van der Waals surface area contributed by atoms with Gasteiger partial charge in [-0.3, -0.25) is 0 Å². The predicted molar refractivity (Wildman–Crippen MR) is 78.6 cm³/mol. The molecule has 0 aromatic rings. The minimum absolute atomic E-state index is 0.341. The highest BCUT2D eigenvalue weighted by Crippen LogP contribution is 2.39. The lowest BCUT2D eigenvalue weighted by Crippen LogP contribution is -2.52. The molecule has 18 heavy (non-hydrogen) atoms. The number of piperidine rings is 1. The average molecular weight is 252 g/mol. The molecule has 2 aliphatic rings. The smallest absolute Gasteiger partial charge is 0.0131 e. The highest BCUT2D eigenvalue weighted by Gasteiger charge is 2.38. The van der Waals surface area contributed by atoms with Crippen molar-refractivity contribution in [1.29, 1.82) is 0 Å². The first-order valence-electron chi connectivity index (χ1n) is 7.78. The van der Waals surface area contributed by atoms with Crippen LogP contribution in [0.3, 0.4) is 0 Å².